The molecule has 0 aromatic heterocycles. The summed E-state index contributed by atoms with van der Waals surface area (Å²) in [6.07, 6.45) is 2.76. The van der Waals surface area contributed by atoms with Crippen LogP contribution in [0.1, 0.15) is 5.56 Å². The minimum absolute atomic E-state index is 0.0108. The Morgan fingerprint density at radius 1 is 1.07 bits per heavy atom. The average molecular weight is 399 g/mol. The molecule has 0 aliphatic carbocycles. The Balaban J connectivity index is 1.42. The van der Waals surface area contributed by atoms with Gasteiger partial charge < -0.3 is 19.3 Å². The number of nitro groups is 1. The fourth-order valence-corrected chi connectivity index (χ4v) is 3.34. The Morgan fingerprint density at radius 3 is 2.38 bits per heavy atom. The summed E-state index contributed by atoms with van der Waals surface area (Å²) < 4.78 is 23.5. The summed E-state index contributed by atoms with van der Waals surface area (Å²) in [6.45, 7) is 2.26. The minimum atomic E-state index is -0.520. The van der Waals surface area contributed by atoms with Gasteiger partial charge >= 0.3 is 0 Å². The van der Waals surface area contributed by atoms with Crippen LogP contribution in [-0.4, -0.2) is 48.7 Å². The zero-order chi connectivity index (χ0) is 20.4. The number of carbonyl (C=O) groups is 1. The van der Waals surface area contributed by atoms with E-state index < -0.39 is 4.92 Å². The molecule has 2 heterocycles. The van der Waals surface area contributed by atoms with Crippen molar-refractivity contribution in [3.63, 3.8) is 0 Å². The standard InChI is InChI=1S/C20H18FN3O5/c21-15-2-4-16(5-3-15)22-7-9-23(10-8-22)20(25)6-1-14-11-18-19(29-13-28-18)12-17(14)24(26)27/h1-6,11-12H,7-10,13H2/b6-1+. The molecule has 0 saturated carbocycles. The molecule has 150 valence electrons. The summed E-state index contributed by atoms with van der Waals surface area (Å²) >= 11 is 0. The lowest BCUT2D eigenvalue weighted by molar-refractivity contribution is -0.385. The van der Waals surface area contributed by atoms with Crippen molar-refractivity contribution in [3.8, 4) is 11.5 Å². The zero-order valence-electron chi connectivity index (χ0n) is 15.4. The van der Waals surface area contributed by atoms with Crippen LogP contribution in [0.25, 0.3) is 6.08 Å². The summed E-state index contributed by atoms with van der Waals surface area (Å²) in [4.78, 5) is 27.1. The molecule has 2 aliphatic rings. The lowest BCUT2D eigenvalue weighted by atomic mass is 10.1. The topological polar surface area (TPSA) is 85.1 Å². The molecule has 0 radical (unpaired) electrons. The van der Waals surface area contributed by atoms with Crippen molar-refractivity contribution in [2.75, 3.05) is 37.9 Å². The molecule has 29 heavy (non-hydrogen) atoms. The maximum atomic E-state index is 13.1. The van der Waals surface area contributed by atoms with E-state index in [-0.39, 0.29) is 29.8 Å². The van der Waals surface area contributed by atoms with Crippen LogP contribution in [0.2, 0.25) is 0 Å². The van der Waals surface area contributed by atoms with Crippen LogP contribution in [0.4, 0.5) is 15.8 Å². The Bertz CT molecular complexity index is 969. The molecule has 4 rings (SSSR count). The van der Waals surface area contributed by atoms with Gasteiger partial charge in [-0.1, -0.05) is 0 Å². The third-order valence-electron chi connectivity index (χ3n) is 4.91. The van der Waals surface area contributed by atoms with Crippen molar-refractivity contribution >= 4 is 23.4 Å². The first-order chi connectivity index (χ1) is 14.0. The molecule has 0 N–H and O–H groups in total. The van der Waals surface area contributed by atoms with Gasteiger partial charge in [0.05, 0.1) is 16.6 Å². The van der Waals surface area contributed by atoms with Gasteiger partial charge in [0, 0.05) is 37.9 Å². The molecule has 2 aliphatic heterocycles. The maximum Gasteiger partial charge on any atom is 0.280 e. The molecule has 0 atom stereocenters. The van der Waals surface area contributed by atoms with Gasteiger partial charge in [-0.25, -0.2) is 4.39 Å². The van der Waals surface area contributed by atoms with Crippen LogP contribution < -0.4 is 14.4 Å². The quantitative estimate of drug-likeness (QED) is 0.447. The number of ether oxygens (including phenoxy) is 2. The average Bonchev–Trinajstić information content (AvgIpc) is 3.19. The normalized spacial score (nSPS) is 15.8. The molecule has 9 heteroatoms. The van der Waals surface area contributed by atoms with Crippen molar-refractivity contribution in [2.24, 2.45) is 0 Å². The highest BCUT2D eigenvalue weighted by Gasteiger charge is 2.23. The number of amides is 1. The zero-order valence-corrected chi connectivity index (χ0v) is 15.4. The minimum Gasteiger partial charge on any atom is -0.454 e. The number of anilines is 1. The number of nitro benzene ring substituents is 1. The van der Waals surface area contributed by atoms with Crippen LogP contribution in [0.5, 0.6) is 11.5 Å². The van der Waals surface area contributed by atoms with Crippen LogP contribution in [0, 0.1) is 15.9 Å². The smallest absolute Gasteiger partial charge is 0.280 e. The van der Waals surface area contributed by atoms with Crippen molar-refractivity contribution in [3.05, 3.63) is 64.0 Å². The lowest BCUT2D eigenvalue weighted by Crippen LogP contribution is -2.48. The van der Waals surface area contributed by atoms with Crippen LogP contribution >= 0.6 is 0 Å². The van der Waals surface area contributed by atoms with Crippen molar-refractivity contribution in [2.45, 2.75) is 0 Å². The Hall–Kier alpha value is -3.62. The molecule has 2 aromatic rings. The Kier molecular flexibility index (Phi) is 5.03. The molecule has 0 bridgehead atoms. The molecule has 8 nitrogen and oxygen atoms in total. The summed E-state index contributed by atoms with van der Waals surface area (Å²) in [5.41, 5.74) is 1.03. The number of hydrogen-bond donors (Lipinski definition) is 0. The summed E-state index contributed by atoms with van der Waals surface area (Å²) in [7, 11) is 0. The summed E-state index contributed by atoms with van der Waals surface area (Å²) in [6, 6.07) is 9.05. The van der Waals surface area contributed by atoms with Crippen molar-refractivity contribution in [1.82, 2.24) is 4.90 Å². The maximum absolute atomic E-state index is 13.1. The van der Waals surface area contributed by atoms with E-state index in [0.29, 0.717) is 37.7 Å². The number of rotatable bonds is 4. The second-order valence-corrected chi connectivity index (χ2v) is 6.64. The van der Waals surface area contributed by atoms with E-state index in [0.717, 1.165) is 5.69 Å². The van der Waals surface area contributed by atoms with E-state index in [1.165, 1.54) is 36.4 Å². The molecule has 1 fully saturated rings. The highest BCUT2D eigenvalue weighted by molar-refractivity contribution is 5.92. The predicted octanol–water partition coefficient (Wildman–Crippen LogP) is 2.82. The fourth-order valence-electron chi connectivity index (χ4n) is 3.34. The SMILES string of the molecule is O=C(/C=C/c1cc2c(cc1[N+](=O)[O-])OCO2)N1CCN(c2ccc(F)cc2)CC1. The van der Waals surface area contributed by atoms with Gasteiger partial charge in [0.15, 0.2) is 11.5 Å². The second kappa shape index (κ2) is 7.78. The second-order valence-electron chi connectivity index (χ2n) is 6.64. The number of benzene rings is 2. The van der Waals surface area contributed by atoms with E-state index in [1.54, 1.807) is 17.0 Å². The summed E-state index contributed by atoms with van der Waals surface area (Å²) in [5.74, 6) is 0.216. The van der Waals surface area contributed by atoms with Gasteiger partial charge in [-0.2, -0.15) is 0 Å². The first kappa shape index (κ1) is 18.7. The van der Waals surface area contributed by atoms with Crippen LogP contribution in [0.3, 0.4) is 0 Å². The van der Waals surface area contributed by atoms with E-state index >= 15 is 0 Å². The first-order valence-electron chi connectivity index (χ1n) is 9.07. The van der Waals surface area contributed by atoms with Gasteiger partial charge in [-0.15, -0.1) is 0 Å². The third-order valence-corrected chi connectivity index (χ3v) is 4.91. The molecule has 1 amide bonds. The summed E-state index contributed by atoms with van der Waals surface area (Å²) in [5, 5.41) is 11.3. The molecule has 2 aromatic carbocycles. The number of piperazine rings is 1. The number of hydrogen-bond acceptors (Lipinski definition) is 6. The van der Waals surface area contributed by atoms with Gasteiger partial charge in [-0.05, 0) is 36.4 Å². The van der Waals surface area contributed by atoms with Gasteiger partial charge in [0.25, 0.3) is 5.69 Å². The van der Waals surface area contributed by atoms with Gasteiger partial charge in [0.1, 0.15) is 5.82 Å². The molecule has 1 saturated heterocycles. The highest BCUT2D eigenvalue weighted by atomic mass is 19.1. The van der Waals surface area contributed by atoms with Crippen LogP contribution in [-0.2, 0) is 4.79 Å². The van der Waals surface area contributed by atoms with E-state index in [1.807, 2.05) is 0 Å². The third kappa shape index (κ3) is 3.98. The number of nitrogens with zero attached hydrogens (tertiary/aromatic N) is 3. The predicted molar refractivity (Wildman–Crippen MR) is 103 cm³/mol. The Labute approximate surface area is 165 Å². The highest BCUT2D eigenvalue weighted by Crippen LogP contribution is 2.38. The van der Waals surface area contributed by atoms with Crippen LogP contribution in [0.15, 0.2) is 42.5 Å². The lowest BCUT2D eigenvalue weighted by Gasteiger charge is -2.35. The molecular weight excluding hydrogens is 381 g/mol. The largest absolute Gasteiger partial charge is 0.454 e. The van der Waals surface area contributed by atoms with Gasteiger partial charge in [-0.3, -0.25) is 14.9 Å². The number of carbonyl (C=O) groups excluding carboxylic acids is 1. The monoisotopic (exact) mass is 399 g/mol. The van der Waals surface area contributed by atoms with Crippen molar-refractivity contribution < 1.29 is 23.6 Å². The first-order valence-corrected chi connectivity index (χ1v) is 9.07. The molecule has 0 unspecified atom stereocenters. The molecular formula is C20H18FN3O5. The van der Waals surface area contributed by atoms with Crippen molar-refractivity contribution in [1.29, 1.82) is 0 Å². The van der Waals surface area contributed by atoms with E-state index in [9.17, 15) is 19.3 Å². The number of halogens is 1. The molecule has 0 spiro atoms. The van der Waals surface area contributed by atoms with E-state index in [2.05, 4.69) is 4.90 Å². The fraction of sp³-hybridized carbons (Fsp3) is 0.250. The van der Waals surface area contributed by atoms with Gasteiger partial charge in [0.2, 0.25) is 12.7 Å². The van der Waals surface area contributed by atoms with E-state index in [4.69, 9.17) is 9.47 Å². The number of fused-ring (bicyclic) bond motifs is 1. The Morgan fingerprint density at radius 2 is 1.72 bits per heavy atom.